The summed E-state index contributed by atoms with van der Waals surface area (Å²) < 4.78 is 5.93. The Morgan fingerprint density at radius 3 is 2.79 bits per heavy atom. The Kier molecular flexibility index (Phi) is 5.10. The van der Waals surface area contributed by atoms with Crippen LogP contribution in [0.4, 0.5) is 0 Å². The first-order valence-corrected chi connectivity index (χ1v) is 10.8. The topological polar surface area (TPSA) is 65.4 Å². The molecule has 6 heteroatoms. The molecule has 29 heavy (non-hydrogen) atoms. The summed E-state index contributed by atoms with van der Waals surface area (Å²) in [5, 5.41) is 0. The van der Waals surface area contributed by atoms with Crippen LogP contribution in [0, 0.1) is 0 Å². The summed E-state index contributed by atoms with van der Waals surface area (Å²) in [7, 11) is 0. The molecule has 1 amide bonds. The first-order chi connectivity index (χ1) is 14.3. The highest BCUT2D eigenvalue weighted by molar-refractivity contribution is 5.91. The Morgan fingerprint density at radius 1 is 1.07 bits per heavy atom. The van der Waals surface area contributed by atoms with Crippen molar-refractivity contribution in [2.45, 2.75) is 44.6 Å². The predicted molar refractivity (Wildman–Crippen MR) is 112 cm³/mol. The molecule has 2 saturated heterocycles. The van der Waals surface area contributed by atoms with Crippen molar-refractivity contribution in [2.24, 2.45) is 0 Å². The number of likely N-dealkylation sites (tertiary alicyclic amines) is 2. The standard InChI is InChI=1S/C23H28N4O2/c28-23(21-11-10-18(29-21)16-26-12-4-1-5-13-26)27-14-6-7-17(15-27)22-24-19-8-2-3-9-20(19)25-22/h2-3,8-11,17H,1,4-7,12-16H2,(H,24,25). The van der Waals surface area contributed by atoms with Crippen LogP contribution in [-0.2, 0) is 6.54 Å². The molecule has 2 fully saturated rings. The van der Waals surface area contributed by atoms with Crippen LogP contribution in [0.3, 0.4) is 0 Å². The van der Waals surface area contributed by atoms with Crippen LogP contribution >= 0.6 is 0 Å². The van der Waals surface area contributed by atoms with E-state index in [9.17, 15) is 4.79 Å². The van der Waals surface area contributed by atoms with Gasteiger partial charge in [0, 0.05) is 19.0 Å². The van der Waals surface area contributed by atoms with Crippen LogP contribution in [0.1, 0.15) is 60.2 Å². The minimum absolute atomic E-state index is 0.00398. The number of fused-ring (bicyclic) bond motifs is 1. The maximum Gasteiger partial charge on any atom is 0.289 e. The second-order valence-electron chi connectivity index (χ2n) is 8.33. The molecule has 0 spiro atoms. The number of rotatable bonds is 4. The molecular formula is C23H28N4O2. The highest BCUT2D eigenvalue weighted by Gasteiger charge is 2.29. The molecule has 4 heterocycles. The first-order valence-electron chi connectivity index (χ1n) is 10.8. The van der Waals surface area contributed by atoms with E-state index in [-0.39, 0.29) is 11.8 Å². The van der Waals surface area contributed by atoms with E-state index < -0.39 is 0 Å². The zero-order valence-corrected chi connectivity index (χ0v) is 16.8. The Labute approximate surface area is 170 Å². The molecule has 3 aromatic rings. The van der Waals surface area contributed by atoms with E-state index in [1.807, 2.05) is 41.3 Å². The fourth-order valence-electron chi connectivity index (χ4n) is 4.62. The van der Waals surface area contributed by atoms with Gasteiger partial charge in [-0.15, -0.1) is 0 Å². The number of benzene rings is 1. The first kappa shape index (κ1) is 18.4. The molecule has 6 nitrogen and oxygen atoms in total. The number of furan rings is 1. The van der Waals surface area contributed by atoms with Crippen molar-refractivity contribution in [1.29, 1.82) is 0 Å². The number of hydrogen-bond acceptors (Lipinski definition) is 4. The fourth-order valence-corrected chi connectivity index (χ4v) is 4.62. The second kappa shape index (κ2) is 8.03. The van der Waals surface area contributed by atoms with Gasteiger partial charge in [0.2, 0.25) is 0 Å². The Balaban J connectivity index is 1.26. The summed E-state index contributed by atoms with van der Waals surface area (Å²) >= 11 is 0. The summed E-state index contributed by atoms with van der Waals surface area (Å²) in [5.41, 5.74) is 2.04. The number of hydrogen-bond donors (Lipinski definition) is 1. The average molecular weight is 393 g/mol. The Bertz CT molecular complexity index is 953. The minimum atomic E-state index is -0.00398. The predicted octanol–water partition coefficient (Wildman–Crippen LogP) is 4.16. The highest BCUT2D eigenvalue weighted by atomic mass is 16.4. The van der Waals surface area contributed by atoms with Gasteiger partial charge >= 0.3 is 0 Å². The highest BCUT2D eigenvalue weighted by Crippen LogP contribution is 2.28. The second-order valence-corrected chi connectivity index (χ2v) is 8.33. The van der Waals surface area contributed by atoms with E-state index in [2.05, 4.69) is 9.88 Å². The van der Waals surface area contributed by atoms with Gasteiger partial charge in [0.15, 0.2) is 5.76 Å². The minimum Gasteiger partial charge on any atom is -0.455 e. The van der Waals surface area contributed by atoms with Crippen LogP contribution in [0.5, 0.6) is 0 Å². The van der Waals surface area contributed by atoms with Crippen LogP contribution in [0.2, 0.25) is 0 Å². The van der Waals surface area contributed by atoms with Gasteiger partial charge in [0.1, 0.15) is 11.6 Å². The molecule has 2 aliphatic rings. The smallest absolute Gasteiger partial charge is 0.289 e. The molecule has 152 valence electrons. The van der Waals surface area contributed by atoms with Gasteiger partial charge < -0.3 is 14.3 Å². The molecule has 0 bridgehead atoms. The van der Waals surface area contributed by atoms with E-state index in [4.69, 9.17) is 9.40 Å². The number of amides is 1. The van der Waals surface area contributed by atoms with Gasteiger partial charge in [-0.25, -0.2) is 4.98 Å². The lowest BCUT2D eigenvalue weighted by Crippen LogP contribution is -2.39. The van der Waals surface area contributed by atoms with Crippen molar-refractivity contribution in [3.63, 3.8) is 0 Å². The largest absolute Gasteiger partial charge is 0.455 e. The van der Waals surface area contributed by atoms with Crippen molar-refractivity contribution in [3.05, 3.63) is 53.7 Å². The third kappa shape index (κ3) is 3.94. The Hall–Kier alpha value is -2.60. The van der Waals surface area contributed by atoms with E-state index in [0.717, 1.165) is 61.6 Å². The van der Waals surface area contributed by atoms with Gasteiger partial charge in [-0.3, -0.25) is 9.69 Å². The van der Waals surface area contributed by atoms with Gasteiger partial charge in [-0.2, -0.15) is 0 Å². The lowest BCUT2D eigenvalue weighted by atomic mass is 9.97. The van der Waals surface area contributed by atoms with Crippen LogP contribution in [0.15, 0.2) is 40.8 Å². The maximum atomic E-state index is 13.0. The number of nitrogens with one attached hydrogen (secondary N) is 1. The van der Waals surface area contributed by atoms with E-state index >= 15 is 0 Å². The van der Waals surface area contributed by atoms with Crippen LogP contribution < -0.4 is 0 Å². The van der Waals surface area contributed by atoms with Crippen LogP contribution in [-0.4, -0.2) is 51.9 Å². The van der Waals surface area contributed by atoms with Gasteiger partial charge in [-0.05, 0) is 63.0 Å². The summed E-state index contributed by atoms with van der Waals surface area (Å²) in [5.74, 6) is 2.57. The summed E-state index contributed by atoms with van der Waals surface area (Å²) in [4.78, 5) is 25.6. The molecule has 0 radical (unpaired) electrons. The zero-order valence-electron chi connectivity index (χ0n) is 16.8. The fraction of sp³-hybridized carbons (Fsp3) is 0.478. The molecule has 1 N–H and O–H groups in total. The third-order valence-corrected chi connectivity index (χ3v) is 6.20. The molecule has 0 saturated carbocycles. The number of imidazole rings is 1. The molecule has 1 aromatic carbocycles. The summed E-state index contributed by atoms with van der Waals surface area (Å²) in [6.45, 7) is 4.50. The molecule has 1 atom stereocenters. The molecule has 1 unspecified atom stereocenters. The SMILES string of the molecule is O=C(c1ccc(CN2CCCCC2)o1)N1CCCC(c2nc3ccccc3[nH]2)C1. The molecule has 0 aliphatic carbocycles. The van der Waals surface area contributed by atoms with Gasteiger partial charge in [-0.1, -0.05) is 18.6 Å². The van der Waals surface area contributed by atoms with Gasteiger partial charge in [0.05, 0.1) is 17.6 Å². The molecular weight excluding hydrogens is 364 g/mol. The maximum absolute atomic E-state index is 13.0. The number of aromatic amines is 1. The van der Waals surface area contributed by atoms with Crippen LogP contribution in [0.25, 0.3) is 11.0 Å². The number of piperidine rings is 2. The van der Waals surface area contributed by atoms with E-state index in [0.29, 0.717) is 12.3 Å². The lowest BCUT2D eigenvalue weighted by molar-refractivity contribution is 0.0668. The monoisotopic (exact) mass is 392 g/mol. The van der Waals surface area contributed by atoms with Gasteiger partial charge in [0.25, 0.3) is 5.91 Å². The lowest BCUT2D eigenvalue weighted by Gasteiger charge is -2.31. The third-order valence-electron chi connectivity index (χ3n) is 6.20. The Morgan fingerprint density at radius 2 is 1.93 bits per heavy atom. The molecule has 2 aliphatic heterocycles. The van der Waals surface area contributed by atoms with Crippen molar-refractivity contribution in [2.75, 3.05) is 26.2 Å². The summed E-state index contributed by atoms with van der Waals surface area (Å²) in [6.07, 6.45) is 5.85. The van der Waals surface area contributed by atoms with Crippen molar-refractivity contribution >= 4 is 16.9 Å². The van der Waals surface area contributed by atoms with E-state index in [1.165, 1.54) is 19.3 Å². The molecule has 5 rings (SSSR count). The summed E-state index contributed by atoms with van der Waals surface area (Å²) in [6, 6.07) is 11.9. The van der Waals surface area contributed by atoms with E-state index in [1.54, 1.807) is 0 Å². The quantitative estimate of drug-likeness (QED) is 0.724. The van der Waals surface area contributed by atoms with Crippen molar-refractivity contribution < 1.29 is 9.21 Å². The number of H-pyrrole nitrogens is 1. The molecule has 2 aromatic heterocycles. The average Bonchev–Trinajstić information content (AvgIpc) is 3.41. The van der Waals surface area contributed by atoms with Crippen molar-refractivity contribution in [3.8, 4) is 0 Å². The normalized spacial score (nSPS) is 21.0. The number of carbonyl (C=O) groups excluding carboxylic acids is 1. The number of aromatic nitrogens is 2. The number of carbonyl (C=O) groups is 1. The van der Waals surface area contributed by atoms with Crippen molar-refractivity contribution in [1.82, 2.24) is 19.8 Å². The zero-order chi connectivity index (χ0) is 19.6. The number of para-hydroxylation sites is 2. The number of nitrogens with zero attached hydrogens (tertiary/aromatic N) is 3.